The quantitative estimate of drug-likeness (QED) is 0.893. The lowest BCUT2D eigenvalue weighted by Gasteiger charge is -2.08. The SMILES string of the molecule is CCOc1ccc2nc(C(F)F)cc(N)c2c1. The molecule has 0 spiro atoms. The molecule has 5 heteroatoms. The van der Waals surface area contributed by atoms with Crippen molar-refractivity contribution in [2.24, 2.45) is 0 Å². The highest BCUT2D eigenvalue weighted by atomic mass is 19.3. The summed E-state index contributed by atoms with van der Waals surface area (Å²) in [6.07, 6.45) is -2.62. The van der Waals surface area contributed by atoms with Crippen molar-refractivity contribution in [2.75, 3.05) is 12.3 Å². The summed E-state index contributed by atoms with van der Waals surface area (Å²) >= 11 is 0. The Hall–Kier alpha value is -1.91. The number of alkyl halides is 2. The van der Waals surface area contributed by atoms with Gasteiger partial charge in [0.15, 0.2) is 0 Å². The molecule has 0 aliphatic carbocycles. The van der Waals surface area contributed by atoms with Gasteiger partial charge in [-0.3, -0.25) is 0 Å². The Morgan fingerprint density at radius 1 is 1.35 bits per heavy atom. The molecule has 0 fully saturated rings. The lowest BCUT2D eigenvalue weighted by molar-refractivity contribution is 0.146. The number of halogens is 2. The molecule has 2 N–H and O–H groups in total. The number of fused-ring (bicyclic) bond motifs is 1. The number of pyridine rings is 1. The third kappa shape index (κ3) is 2.27. The molecule has 0 saturated heterocycles. The molecule has 0 radical (unpaired) electrons. The molecule has 0 unspecified atom stereocenters. The van der Waals surface area contributed by atoms with Crippen molar-refractivity contribution in [1.29, 1.82) is 0 Å². The highest BCUT2D eigenvalue weighted by molar-refractivity contribution is 5.91. The molecule has 0 saturated carbocycles. The number of hydrogen-bond acceptors (Lipinski definition) is 3. The van der Waals surface area contributed by atoms with E-state index in [-0.39, 0.29) is 11.4 Å². The summed E-state index contributed by atoms with van der Waals surface area (Å²) in [5.74, 6) is 0.651. The van der Waals surface area contributed by atoms with E-state index in [4.69, 9.17) is 10.5 Å². The van der Waals surface area contributed by atoms with E-state index < -0.39 is 6.43 Å². The van der Waals surface area contributed by atoms with Crippen LogP contribution in [0.3, 0.4) is 0 Å². The van der Waals surface area contributed by atoms with Gasteiger partial charge in [0.25, 0.3) is 6.43 Å². The molecular formula is C12H12F2N2O. The second kappa shape index (κ2) is 4.53. The standard InChI is InChI=1S/C12H12F2N2O/c1-2-17-7-3-4-10-8(5-7)9(15)6-11(16-10)12(13)14/h3-6,12H,2H2,1H3,(H2,15,16). The Morgan fingerprint density at radius 2 is 2.12 bits per heavy atom. The van der Waals surface area contributed by atoms with Crippen LogP contribution in [0.15, 0.2) is 24.3 Å². The second-order valence-corrected chi connectivity index (χ2v) is 3.55. The maximum absolute atomic E-state index is 12.5. The van der Waals surface area contributed by atoms with E-state index in [0.29, 0.717) is 23.3 Å². The highest BCUT2D eigenvalue weighted by Gasteiger charge is 2.12. The highest BCUT2D eigenvalue weighted by Crippen LogP contribution is 2.28. The van der Waals surface area contributed by atoms with Crippen molar-refractivity contribution in [3.8, 4) is 5.75 Å². The minimum Gasteiger partial charge on any atom is -0.494 e. The van der Waals surface area contributed by atoms with Crippen LogP contribution >= 0.6 is 0 Å². The van der Waals surface area contributed by atoms with Crippen molar-refractivity contribution in [3.63, 3.8) is 0 Å². The Labute approximate surface area is 97.2 Å². The third-order valence-corrected chi connectivity index (χ3v) is 2.37. The van der Waals surface area contributed by atoms with E-state index in [0.717, 1.165) is 0 Å². The van der Waals surface area contributed by atoms with E-state index >= 15 is 0 Å². The van der Waals surface area contributed by atoms with Crippen LogP contribution in [0.2, 0.25) is 0 Å². The summed E-state index contributed by atoms with van der Waals surface area (Å²) in [4.78, 5) is 3.85. The molecule has 3 nitrogen and oxygen atoms in total. The Kier molecular flexibility index (Phi) is 3.08. The summed E-state index contributed by atoms with van der Waals surface area (Å²) in [6, 6.07) is 6.22. The van der Waals surface area contributed by atoms with Crippen LogP contribution in [0.5, 0.6) is 5.75 Å². The minimum atomic E-state index is -2.62. The smallest absolute Gasteiger partial charge is 0.280 e. The number of nitrogens with zero attached hydrogens (tertiary/aromatic N) is 1. The summed E-state index contributed by atoms with van der Waals surface area (Å²) < 4.78 is 30.4. The number of benzene rings is 1. The van der Waals surface area contributed by atoms with Crippen LogP contribution in [0, 0.1) is 0 Å². The van der Waals surface area contributed by atoms with Gasteiger partial charge in [-0.1, -0.05) is 0 Å². The molecule has 0 bridgehead atoms. The Balaban J connectivity index is 2.56. The van der Waals surface area contributed by atoms with E-state index in [1.807, 2.05) is 6.92 Å². The number of anilines is 1. The van der Waals surface area contributed by atoms with Gasteiger partial charge < -0.3 is 10.5 Å². The average molecular weight is 238 g/mol. The van der Waals surface area contributed by atoms with Crippen molar-refractivity contribution < 1.29 is 13.5 Å². The van der Waals surface area contributed by atoms with Crippen LogP contribution < -0.4 is 10.5 Å². The maximum Gasteiger partial charge on any atom is 0.280 e. The van der Waals surface area contributed by atoms with Gasteiger partial charge in [-0.15, -0.1) is 0 Å². The molecule has 0 amide bonds. The third-order valence-electron chi connectivity index (χ3n) is 2.37. The Morgan fingerprint density at radius 3 is 2.76 bits per heavy atom. The molecule has 1 heterocycles. The first-order valence-corrected chi connectivity index (χ1v) is 5.23. The molecule has 2 aromatic rings. The van der Waals surface area contributed by atoms with E-state index in [2.05, 4.69) is 4.98 Å². The first kappa shape index (κ1) is 11.6. The molecule has 1 aromatic carbocycles. The van der Waals surface area contributed by atoms with Crippen molar-refractivity contribution in [3.05, 3.63) is 30.0 Å². The molecular weight excluding hydrogens is 226 g/mol. The summed E-state index contributed by atoms with van der Waals surface area (Å²) in [6.45, 7) is 2.40. The van der Waals surface area contributed by atoms with Gasteiger partial charge in [0.2, 0.25) is 0 Å². The van der Waals surface area contributed by atoms with Gasteiger partial charge in [0.05, 0.1) is 12.1 Å². The van der Waals surface area contributed by atoms with Crippen LogP contribution in [0.25, 0.3) is 10.9 Å². The monoisotopic (exact) mass is 238 g/mol. The maximum atomic E-state index is 12.5. The first-order chi connectivity index (χ1) is 8.11. The lowest BCUT2D eigenvalue weighted by atomic mass is 10.1. The normalized spacial score (nSPS) is 11.1. The lowest BCUT2D eigenvalue weighted by Crippen LogP contribution is -1.97. The number of hydrogen-bond donors (Lipinski definition) is 1. The van der Waals surface area contributed by atoms with Crippen LogP contribution in [-0.4, -0.2) is 11.6 Å². The average Bonchev–Trinajstić information content (AvgIpc) is 2.30. The van der Waals surface area contributed by atoms with Crippen LogP contribution in [0.4, 0.5) is 14.5 Å². The molecule has 90 valence electrons. The fourth-order valence-electron chi connectivity index (χ4n) is 1.62. The van der Waals surface area contributed by atoms with Crippen LogP contribution in [-0.2, 0) is 0 Å². The number of ether oxygens (including phenoxy) is 1. The molecule has 0 aliphatic rings. The number of nitrogen functional groups attached to an aromatic ring is 1. The van der Waals surface area contributed by atoms with E-state index in [1.165, 1.54) is 6.07 Å². The fraction of sp³-hybridized carbons (Fsp3) is 0.250. The van der Waals surface area contributed by atoms with Crippen molar-refractivity contribution >= 4 is 16.6 Å². The fourth-order valence-corrected chi connectivity index (χ4v) is 1.62. The predicted octanol–water partition coefficient (Wildman–Crippen LogP) is 3.15. The summed E-state index contributed by atoms with van der Waals surface area (Å²) in [5, 5.41) is 0.625. The molecule has 1 aromatic heterocycles. The predicted molar refractivity (Wildman–Crippen MR) is 62.3 cm³/mol. The largest absolute Gasteiger partial charge is 0.494 e. The number of rotatable bonds is 3. The molecule has 17 heavy (non-hydrogen) atoms. The van der Waals surface area contributed by atoms with Gasteiger partial charge in [-0.2, -0.15) is 0 Å². The van der Waals surface area contributed by atoms with E-state index in [9.17, 15) is 8.78 Å². The molecule has 0 atom stereocenters. The van der Waals surface area contributed by atoms with Gasteiger partial charge in [-0.25, -0.2) is 13.8 Å². The number of aromatic nitrogens is 1. The first-order valence-electron chi connectivity index (χ1n) is 5.23. The van der Waals surface area contributed by atoms with Crippen molar-refractivity contribution in [2.45, 2.75) is 13.3 Å². The van der Waals surface area contributed by atoms with Gasteiger partial charge in [0, 0.05) is 11.1 Å². The zero-order valence-electron chi connectivity index (χ0n) is 9.28. The van der Waals surface area contributed by atoms with Gasteiger partial charge >= 0.3 is 0 Å². The zero-order chi connectivity index (χ0) is 12.4. The van der Waals surface area contributed by atoms with E-state index in [1.54, 1.807) is 18.2 Å². The van der Waals surface area contributed by atoms with Crippen LogP contribution in [0.1, 0.15) is 19.0 Å². The van der Waals surface area contributed by atoms with Crippen molar-refractivity contribution in [1.82, 2.24) is 4.98 Å². The zero-order valence-corrected chi connectivity index (χ0v) is 9.28. The molecule has 2 rings (SSSR count). The molecule has 0 aliphatic heterocycles. The topological polar surface area (TPSA) is 48.1 Å². The minimum absolute atomic E-state index is 0.284. The van der Waals surface area contributed by atoms with Gasteiger partial charge in [-0.05, 0) is 31.2 Å². The number of nitrogens with two attached hydrogens (primary N) is 1. The Bertz CT molecular complexity index is 543. The van der Waals surface area contributed by atoms with Gasteiger partial charge in [0.1, 0.15) is 11.4 Å². The summed E-state index contributed by atoms with van der Waals surface area (Å²) in [7, 11) is 0. The summed E-state index contributed by atoms with van der Waals surface area (Å²) in [5.41, 5.74) is 6.16. The second-order valence-electron chi connectivity index (χ2n) is 3.55.